The van der Waals surface area contributed by atoms with Crippen LogP contribution in [0.1, 0.15) is 33.1 Å². The number of carbonyl (C=O) groups is 2. The maximum absolute atomic E-state index is 11.5. The highest BCUT2D eigenvalue weighted by Crippen LogP contribution is 2.04. The Balaban J connectivity index is 3.52. The Hall–Kier alpha value is -0.580. The van der Waals surface area contributed by atoms with Crippen molar-refractivity contribution in [1.82, 2.24) is 10.6 Å². The highest BCUT2D eigenvalue weighted by Gasteiger charge is 2.11. The van der Waals surface area contributed by atoms with Crippen molar-refractivity contribution in [2.24, 2.45) is 5.92 Å². The van der Waals surface area contributed by atoms with Crippen molar-refractivity contribution in [3.63, 3.8) is 0 Å². The first-order valence-corrected chi connectivity index (χ1v) is 6.84. The van der Waals surface area contributed by atoms with Crippen LogP contribution >= 0.6 is 15.9 Å². The highest BCUT2D eigenvalue weighted by atomic mass is 79.9. The number of halogens is 1. The van der Waals surface area contributed by atoms with Gasteiger partial charge in [-0.15, -0.1) is 0 Å². The summed E-state index contributed by atoms with van der Waals surface area (Å²) in [5, 5.41) is 5.94. The molecular formula is C11H21BrN2O2. The number of amides is 2. The van der Waals surface area contributed by atoms with Crippen molar-refractivity contribution < 1.29 is 9.59 Å². The standard InChI is InChI=1S/C11H21BrN2O2/c1-3-6-14-11(16)9(2)5-4-7-13-10(15)8-12/h9H,3-8H2,1-2H3,(H,13,15)(H,14,16)/t9-/m0/s1. The number of alkyl halides is 1. The molecule has 0 radical (unpaired) electrons. The molecule has 0 aromatic rings. The van der Waals surface area contributed by atoms with Crippen LogP contribution in [0, 0.1) is 5.92 Å². The SMILES string of the molecule is CCCNC(=O)[C@@H](C)CCCNC(=O)CBr. The van der Waals surface area contributed by atoms with E-state index in [1.54, 1.807) is 0 Å². The van der Waals surface area contributed by atoms with Crippen LogP contribution in [0.3, 0.4) is 0 Å². The Morgan fingerprint density at radius 3 is 2.50 bits per heavy atom. The van der Waals surface area contributed by atoms with Crippen LogP contribution in [0.4, 0.5) is 0 Å². The smallest absolute Gasteiger partial charge is 0.230 e. The summed E-state index contributed by atoms with van der Waals surface area (Å²) in [6, 6.07) is 0. The van der Waals surface area contributed by atoms with Crippen LogP contribution in [0.25, 0.3) is 0 Å². The molecule has 0 saturated carbocycles. The van der Waals surface area contributed by atoms with Gasteiger partial charge in [0.15, 0.2) is 0 Å². The minimum atomic E-state index is -0.0110. The van der Waals surface area contributed by atoms with Crippen molar-refractivity contribution in [2.75, 3.05) is 18.4 Å². The van der Waals surface area contributed by atoms with E-state index in [0.717, 1.165) is 25.8 Å². The Kier molecular flexibility index (Phi) is 9.28. The maximum Gasteiger partial charge on any atom is 0.230 e. The predicted molar refractivity (Wildman–Crippen MR) is 68.5 cm³/mol. The second-order valence-electron chi connectivity index (χ2n) is 3.82. The Labute approximate surface area is 106 Å². The van der Waals surface area contributed by atoms with E-state index in [4.69, 9.17) is 0 Å². The van der Waals surface area contributed by atoms with Gasteiger partial charge in [0.1, 0.15) is 0 Å². The molecular weight excluding hydrogens is 272 g/mol. The van der Waals surface area contributed by atoms with Gasteiger partial charge in [-0.05, 0) is 19.3 Å². The number of carbonyl (C=O) groups excluding carboxylic acids is 2. The van der Waals surface area contributed by atoms with Crippen LogP contribution in [-0.2, 0) is 9.59 Å². The molecule has 0 bridgehead atoms. The molecule has 1 atom stereocenters. The van der Waals surface area contributed by atoms with E-state index in [1.165, 1.54) is 0 Å². The van der Waals surface area contributed by atoms with Crippen LogP contribution in [0.15, 0.2) is 0 Å². The minimum absolute atomic E-state index is 0.0110. The first-order chi connectivity index (χ1) is 7.61. The maximum atomic E-state index is 11.5. The van der Waals surface area contributed by atoms with Crippen molar-refractivity contribution in [1.29, 1.82) is 0 Å². The Morgan fingerprint density at radius 2 is 1.94 bits per heavy atom. The molecule has 0 rings (SSSR count). The molecule has 0 saturated heterocycles. The van der Waals surface area contributed by atoms with E-state index < -0.39 is 0 Å². The average molecular weight is 293 g/mol. The fourth-order valence-corrected chi connectivity index (χ4v) is 1.44. The number of rotatable bonds is 8. The monoisotopic (exact) mass is 292 g/mol. The molecule has 16 heavy (non-hydrogen) atoms. The molecule has 2 amide bonds. The number of nitrogens with one attached hydrogen (secondary N) is 2. The van der Waals surface area contributed by atoms with E-state index in [2.05, 4.69) is 26.6 Å². The summed E-state index contributed by atoms with van der Waals surface area (Å²) in [5.41, 5.74) is 0. The molecule has 0 heterocycles. The lowest BCUT2D eigenvalue weighted by atomic mass is 10.0. The predicted octanol–water partition coefficient (Wildman–Crippen LogP) is 1.44. The summed E-state index contributed by atoms with van der Waals surface area (Å²) in [4.78, 5) is 22.4. The van der Waals surface area contributed by atoms with Crippen LogP contribution in [0.5, 0.6) is 0 Å². The summed E-state index contributed by atoms with van der Waals surface area (Å²) < 4.78 is 0. The molecule has 5 heteroatoms. The Bertz CT molecular complexity index is 222. The molecule has 0 spiro atoms. The van der Waals surface area contributed by atoms with Gasteiger partial charge >= 0.3 is 0 Å². The van der Waals surface area contributed by atoms with E-state index in [1.807, 2.05) is 13.8 Å². The van der Waals surface area contributed by atoms with Crippen molar-refractivity contribution in [3.8, 4) is 0 Å². The summed E-state index contributed by atoms with van der Waals surface area (Å²) in [6.45, 7) is 5.32. The third-order valence-electron chi connectivity index (χ3n) is 2.25. The average Bonchev–Trinajstić information content (AvgIpc) is 2.30. The molecule has 4 nitrogen and oxygen atoms in total. The van der Waals surface area contributed by atoms with Gasteiger partial charge in [0.05, 0.1) is 5.33 Å². The zero-order chi connectivity index (χ0) is 12.4. The molecule has 0 aliphatic carbocycles. The molecule has 94 valence electrons. The Morgan fingerprint density at radius 1 is 1.25 bits per heavy atom. The number of hydrogen-bond donors (Lipinski definition) is 2. The third kappa shape index (κ3) is 7.68. The molecule has 0 fully saturated rings. The van der Waals surface area contributed by atoms with E-state index in [0.29, 0.717) is 11.9 Å². The first-order valence-electron chi connectivity index (χ1n) is 5.72. The lowest BCUT2D eigenvalue weighted by Crippen LogP contribution is -2.31. The van der Waals surface area contributed by atoms with Gasteiger partial charge in [0.25, 0.3) is 0 Å². The summed E-state index contributed by atoms with van der Waals surface area (Å²) in [5.74, 6) is 0.115. The topological polar surface area (TPSA) is 58.2 Å². The number of hydrogen-bond acceptors (Lipinski definition) is 2. The highest BCUT2D eigenvalue weighted by molar-refractivity contribution is 9.09. The van der Waals surface area contributed by atoms with Gasteiger partial charge in [-0.1, -0.05) is 29.8 Å². The fraction of sp³-hybridized carbons (Fsp3) is 0.818. The normalized spacial score (nSPS) is 11.9. The first kappa shape index (κ1) is 15.4. The van der Waals surface area contributed by atoms with E-state index >= 15 is 0 Å². The van der Waals surface area contributed by atoms with Crippen LogP contribution < -0.4 is 10.6 Å². The molecule has 0 aromatic heterocycles. The lowest BCUT2D eigenvalue weighted by molar-refractivity contribution is -0.124. The van der Waals surface area contributed by atoms with E-state index in [9.17, 15) is 9.59 Å². The molecule has 2 N–H and O–H groups in total. The quantitative estimate of drug-likeness (QED) is 0.525. The molecule has 0 aromatic carbocycles. The molecule has 0 aliphatic rings. The van der Waals surface area contributed by atoms with Crippen LogP contribution in [-0.4, -0.2) is 30.2 Å². The van der Waals surface area contributed by atoms with E-state index in [-0.39, 0.29) is 17.7 Å². The summed E-state index contributed by atoms with van der Waals surface area (Å²) in [7, 11) is 0. The van der Waals surface area contributed by atoms with Crippen molar-refractivity contribution in [3.05, 3.63) is 0 Å². The lowest BCUT2D eigenvalue weighted by Gasteiger charge is -2.11. The van der Waals surface area contributed by atoms with Gasteiger partial charge in [0, 0.05) is 19.0 Å². The van der Waals surface area contributed by atoms with Gasteiger partial charge in [-0.3, -0.25) is 9.59 Å². The fourth-order valence-electron chi connectivity index (χ4n) is 1.24. The summed E-state index contributed by atoms with van der Waals surface area (Å²) >= 11 is 3.07. The second kappa shape index (κ2) is 9.63. The van der Waals surface area contributed by atoms with Gasteiger partial charge in [0.2, 0.25) is 11.8 Å². The largest absolute Gasteiger partial charge is 0.356 e. The van der Waals surface area contributed by atoms with Gasteiger partial charge in [-0.2, -0.15) is 0 Å². The van der Waals surface area contributed by atoms with Crippen molar-refractivity contribution in [2.45, 2.75) is 33.1 Å². The minimum Gasteiger partial charge on any atom is -0.356 e. The summed E-state index contributed by atoms with van der Waals surface area (Å²) in [6.07, 6.45) is 2.59. The zero-order valence-corrected chi connectivity index (χ0v) is 11.6. The van der Waals surface area contributed by atoms with Gasteiger partial charge < -0.3 is 10.6 Å². The molecule has 0 unspecified atom stereocenters. The van der Waals surface area contributed by atoms with Crippen molar-refractivity contribution >= 4 is 27.7 Å². The molecule has 0 aliphatic heterocycles. The van der Waals surface area contributed by atoms with Crippen LogP contribution in [0.2, 0.25) is 0 Å². The zero-order valence-electron chi connectivity index (χ0n) is 10.0. The third-order valence-corrected chi connectivity index (χ3v) is 2.76. The second-order valence-corrected chi connectivity index (χ2v) is 4.38. The van der Waals surface area contributed by atoms with Gasteiger partial charge in [-0.25, -0.2) is 0 Å².